The predicted octanol–water partition coefficient (Wildman–Crippen LogP) is 0.615. The maximum atomic E-state index is 10.2. The number of anilines is 1. The third-order valence-electron chi connectivity index (χ3n) is 1.67. The average Bonchev–Trinajstić information content (AvgIpc) is 2.29. The molecule has 0 aliphatic heterocycles. The van der Waals surface area contributed by atoms with Crippen LogP contribution >= 0.6 is 0 Å². The molecule has 2 N–H and O–H groups in total. The number of hydrogen-bond acceptors (Lipinski definition) is 3. The zero-order chi connectivity index (χ0) is 9.84. The Balaban J connectivity index is 2.45. The van der Waals surface area contributed by atoms with Gasteiger partial charge in [0.1, 0.15) is 0 Å². The van der Waals surface area contributed by atoms with Crippen LogP contribution in [0.4, 0.5) is 5.69 Å². The summed E-state index contributed by atoms with van der Waals surface area (Å²) >= 11 is 0. The lowest BCUT2D eigenvalue weighted by Gasteiger charge is -2.00. The van der Waals surface area contributed by atoms with Crippen LogP contribution in [0, 0.1) is 6.92 Å². The number of carboxylic acid groups (broad SMARTS) is 1. The molecule has 72 valence electrons. The van der Waals surface area contributed by atoms with Crippen molar-refractivity contribution < 1.29 is 9.90 Å². The summed E-state index contributed by atoms with van der Waals surface area (Å²) in [7, 11) is 1.83. The maximum absolute atomic E-state index is 10.2. The molecular formula is C8H13N3O2. The fourth-order valence-corrected chi connectivity index (χ4v) is 1.08. The minimum Gasteiger partial charge on any atom is -0.481 e. The summed E-state index contributed by atoms with van der Waals surface area (Å²) in [5, 5.41) is 15.5. The summed E-state index contributed by atoms with van der Waals surface area (Å²) in [4.78, 5) is 10.2. The smallest absolute Gasteiger partial charge is 0.305 e. The molecule has 0 aromatic carbocycles. The van der Waals surface area contributed by atoms with Crippen molar-refractivity contribution in [3.05, 3.63) is 11.9 Å². The monoisotopic (exact) mass is 183 g/mol. The van der Waals surface area contributed by atoms with Gasteiger partial charge in [-0.05, 0) is 6.92 Å². The van der Waals surface area contributed by atoms with Crippen molar-refractivity contribution in [3.63, 3.8) is 0 Å². The molecule has 1 heterocycles. The van der Waals surface area contributed by atoms with Crippen LogP contribution in [0.5, 0.6) is 0 Å². The Bertz CT molecular complexity index is 306. The van der Waals surface area contributed by atoms with Crippen molar-refractivity contribution >= 4 is 11.7 Å². The number of nitrogens with one attached hydrogen (secondary N) is 1. The van der Waals surface area contributed by atoms with Gasteiger partial charge in [0.25, 0.3) is 0 Å². The van der Waals surface area contributed by atoms with E-state index >= 15 is 0 Å². The van der Waals surface area contributed by atoms with Crippen molar-refractivity contribution in [1.29, 1.82) is 0 Å². The number of nitrogens with zero attached hydrogens (tertiary/aromatic N) is 2. The van der Waals surface area contributed by atoms with Gasteiger partial charge in [-0.25, -0.2) is 0 Å². The molecule has 0 bridgehead atoms. The number of carbonyl (C=O) groups is 1. The van der Waals surface area contributed by atoms with Crippen LogP contribution < -0.4 is 5.32 Å². The van der Waals surface area contributed by atoms with Gasteiger partial charge in [-0.3, -0.25) is 9.48 Å². The highest BCUT2D eigenvalue weighted by molar-refractivity contribution is 5.67. The minimum absolute atomic E-state index is 0.119. The number of aromatic nitrogens is 2. The number of carboxylic acids is 1. The Kier molecular flexibility index (Phi) is 2.89. The van der Waals surface area contributed by atoms with Crippen LogP contribution in [0.1, 0.15) is 12.1 Å². The quantitative estimate of drug-likeness (QED) is 0.717. The van der Waals surface area contributed by atoms with Crippen molar-refractivity contribution in [3.8, 4) is 0 Å². The zero-order valence-corrected chi connectivity index (χ0v) is 7.74. The Morgan fingerprint density at radius 3 is 2.92 bits per heavy atom. The van der Waals surface area contributed by atoms with Crippen LogP contribution in [0.15, 0.2) is 6.20 Å². The fraction of sp³-hybridized carbons (Fsp3) is 0.500. The molecule has 0 radical (unpaired) electrons. The molecule has 0 unspecified atom stereocenters. The van der Waals surface area contributed by atoms with E-state index in [4.69, 9.17) is 5.11 Å². The van der Waals surface area contributed by atoms with Gasteiger partial charge in [-0.2, -0.15) is 5.10 Å². The summed E-state index contributed by atoms with van der Waals surface area (Å²) in [6.07, 6.45) is 1.95. The van der Waals surface area contributed by atoms with E-state index in [2.05, 4.69) is 10.4 Å². The van der Waals surface area contributed by atoms with E-state index in [0.717, 1.165) is 11.4 Å². The molecule has 0 aliphatic carbocycles. The van der Waals surface area contributed by atoms with E-state index in [0.29, 0.717) is 6.54 Å². The van der Waals surface area contributed by atoms with Crippen molar-refractivity contribution in [2.75, 3.05) is 11.9 Å². The van der Waals surface area contributed by atoms with Crippen LogP contribution in [0.25, 0.3) is 0 Å². The lowest BCUT2D eigenvalue weighted by molar-refractivity contribution is -0.136. The normalized spacial score (nSPS) is 10.0. The van der Waals surface area contributed by atoms with Gasteiger partial charge in [0.2, 0.25) is 0 Å². The van der Waals surface area contributed by atoms with Crippen molar-refractivity contribution in [1.82, 2.24) is 9.78 Å². The molecule has 1 aromatic heterocycles. The summed E-state index contributed by atoms with van der Waals surface area (Å²) in [6, 6.07) is 0. The summed E-state index contributed by atoms with van der Waals surface area (Å²) in [6.45, 7) is 2.31. The number of hydrogen-bond donors (Lipinski definition) is 2. The molecule has 1 aromatic rings. The summed E-state index contributed by atoms with van der Waals surface area (Å²) in [5.41, 5.74) is 1.77. The van der Waals surface area contributed by atoms with E-state index in [-0.39, 0.29) is 6.42 Å². The Labute approximate surface area is 76.4 Å². The highest BCUT2D eigenvalue weighted by Crippen LogP contribution is 2.10. The molecule has 13 heavy (non-hydrogen) atoms. The van der Waals surface area contributed by atoms with Gasteiger partial charge in [-0.15, -0.1) is 0 Å². The molecule has 0 atom stereocenters. The summed E-state index contributed by atoms with van der Waals surface area (Å²) < 4.78 is 1.69. The maximum Gasteiger partial charge on any atom is 0.305 e. The summed E-state index contributed by atoms with van der Waals surface area (Å²) in [5.74, 6) is -0.797. The molecule has 0 saturated carbocycles. The number of rotatable bonds is 4. The van der Waals surface area contributed by atoms with Gasteiger partial charge in [0, 0.05) is 19.8 Å². The van der Waals surface area contributed by atoms with Gasteiger partial charge in [0.05, 0.1) is 17.8 Å². The van der Waals surface area contributed by atoms with Gasteiger partial charge in [0.15, 0.2) is 0 Å². The second-order valence-electron chi connectivity index (χ2n) is 2.87. The lowest BCUT2D eigenvalue weighted by atomic mass is 10.3. The first-order valence-electron chi connectivity index (χ1n) is 4.05. The Morgan fingerprint density at radius 2 is 2.46 bits per heavy atom. The van der Waals surface area contributed by atoms with Crippen LogP contribution in [0.2, 0.25) is 0 Å². The van der Waals surface area contributed by atoms with Gasteiger partial charge >= 0.3 is 5.97 Å². The number of aliphatic carboxylic acids is 1. The number of aryl methyl sites for hydroxylation is 2. The largest absolute Gasteiger partial charge is 0.481 e. The second-order valence-corrected chi connectivity index (χ2v) is 2.87. The van der Waals surface area contributed by atoms with E-state index in [1.54, 1.807) is 4.68 Å². The molecule has 0 fully saturated rings. The van der Waals surface area contributed by atoms with Crippen molar-refractivity contribution in [2.24, 2.45) is 7.05 Å². The molecule has 5 nitrogen and oxygen atoms in total. The zero-order valence-electron chi connectivity index (χ0n) is 7.74. The molecule has 1 rings (SSSR count). The fourth-order valence-electron chi connectivity index (χ4n) is 1.08. The Morgan fingerprint density at radius 1 is 1.77 bits per heavy atom. The molecule has 0 saturated heterocycles. The predicted molar refractivity (Wildman–Crippen MR) is 48.7 cm³/mol. The third kappa shape index (κ3) is 2.77. The van der Waals surface area contributed by atoms with E-state index < -0.39 is 5.97 Å². The van der Waals surface area contributed by atoms with Crippen LogP contribution in [0.3, 0.4) is 0 Å². The van der Waals surface area contributed by atoms with Gasteiger partial charge in [-0.1, -0.05) is 0 Å². The first-order chi connectivity index (χ1) is 6.09. The first-order valence-corrected chi connectivity index (χ1v) is 4.05. The highest BCUT2D eigenvalue weighted by Gasteiger charge is 2.02. The SMILES string of the molecule is Cc1nn(C)cc1NCCC(=O)O. The first kappa shape index (κ1) is 9.57. The minimum atomic E-state index is -0.797. The van der Waals surface area contributed by atoms with Crippen LogP contribution in [-0.2, 0) is 11.8 Å². The average molecular weight is 183 g/mol. The molecular weight excluding hydrogens is 170 g/mol. The topological polar surface area (TPSA) is 67.2 Å². The van der Waals surface area contributed by atoms with E-state index in [9.17, 15) is 4.79 Å². The van der Waals surface area contributed by atoms with Crippen molar-refractivity contribution in [2.45, 2.75) is 13.3 Å². The standard InChI is InChI=1S/C8H13N3O2/c1-6-7(5-11(2)10-6)9-4-3-8(12)13/h5,9H,3-4H2,1-2H3,(H,12,13). The van der Waals surface area contributed by atoms with Gasteiger partial charge < -0.3 is 10.4 Å². The molecule has 5 heteroatoms. The van der Waals surface area contributed by atoms with E-state index in [1.165, 1.54) is 0 Å². The molecule has 0 amide bonds. The second kappa shape index (κ2) is 3.93. The van der Waals surface area contributed by atoms with Crippen LogP contribution in [-0.4, -0.2) is 27.4 Å². The molecule has 0 spiro atoms. The molecule has 0 aliphatic rings. The Hall–Kier alpha value is -1.52. The lowest BCUT2D eigenvalue weighted by Crippen LogP contribution is -2.07. The third-order valence-corrected chi connectivity index (χ3v) is 1.67. The highest BCUT2D eigenvalue weighted by atomic mass is 16.4. The van der Waals surface area contributed by atoms with E-state index in [1.807, 2.05) is 20.2 Å².